The first-order valence-electron chi connectivity index (χ1n) is 9.02. The number of nitrogens with zero attached hydrogens (tertiary/aromatic N) is 3. The summed E-state index contributed by atoms with van der Waals surface area (Å²) < 4.78 is 0. The summed E-state index contributed by atoms with van der Waals surface area (Å²) in [4.78, 5) is 31.9. The third kappa shape index (κ3) is 5.28. The van der Waals surface area contributed by atoms with Gasteiger partial charge in [-0.2, -0.15) is 0 Å². The number of hydrogen-bond donors (Lipinski definition) is 2. The zero-order chi connectivity index (χ0) is 19.8. The van der Waals surface area contributed by atoms with Crippen LogP contribution in [0.2, 0.25) is 0 Å². The maximum Gasteiger partial charge on any atom is 0.267 e. The highest BCUT2D eigenvalue weighted by Gasteiger charge is 2.19. The first-order chi connectivity index (χ1) is 13.7. The Morgan fingerprint density at radius 1 is 0.893 bits per heavy atom. The molecule has 1 aromatic heterocycles. The van der Waals surface area contributed by atoms with Gasteiger partial charge in [-0.3, -0.25) is 14.8 Å². The van der Waals surface area contributed by atoms with E-state index in [2.05, 4.69) is 22.0 Å². The van der Waals surface area contributed by atoms with E-state index < -0.39 is 5.91 Å². The zero-order valence-electron chi connectivity index (χ0n) is 15.4. The maximum absolute atomic E-state index is 12.5. The van der Waals surface area contributed by atoms with Crippen LogP contribution in [-0.4, -0.2) is 53.1 Å². The highest BCUT2D eigenvalue weighted by Crippen LogP contribution is 2.15. The number of amides is 2. The average Bonchev–Trinajstić information content (AvgIpc) is 2.76. The molecule has 7 nitrogen and oxygen atoms in total. The predicted molar refractivity (Wildman–Crippen MR) is 107 cm³/mol. The van der Waals surface area contributed by atoms with Crippen LogP contribution in [0.4, 0.5) is 5.69 Å². The van der Waals surface area contributed by atoms with Crippen LogP contribution >= 0.6 is 0 Å². The fourth-order valence-corrected chi connectivity index (χ4v) is 2.94. The fourth-order valence-electron chi connectivity index (χ4n) is 2.94. The molecule has 1 aromatic carbocycles. The van der Waals surface area contributed by atoms with Gasteiger partial charge in [0.25, 0.3) is 5.91 Å². The number of carbonyl (C=O) groups is 2. The van der Waals surface area contributed by atoms with Crippen LogP contribution in [0.3, 0.4) is 0 Å². The second-order valence-electron chi connectivity index (χ2n) is 6.28. The van der Waals surface area contributed by atoms with Crippen molar-refractivity contribution in [3.8, 4) is 0 Å². The van der Waals surface area contributed by atoms with Crippen LogP contribution < -0.4 is 10.4 Å². The smallest absolute Gasteiger partial charge is 0.267 e. The molecule has 2 aromatic rings. The molecule has 2 amide bonds. The van der Waals surface area contributed by atoms with E-state index >= 15 is 0 Å². The van der Waals surface area contributed by atoms with Crippen molar-refractivity contribution in [3.63, 3.8) is 0 Å². The first kappa shape index (κ1) is 19.3. The van der Waals surface area contributed by atoms with Crippen molar-refractivity contribution in [2.75, 3.05) is 31.1 Å². The summed E-state index contributed by atoms with van der Waals surface area (Å²) in [5, 5.41) is 8.49. The first-order valence-corrected chi connectivity index (χ1v) is 9.02. The normalized spacial score (nSPS) is 14.6. The quantitative estimate of drug-likeness (QED) is 0.472. The lowest BCUT2D eigenvalue weighted by molar-refractivity contribution is -0.126. The number of hydroxylamine groups is 1. The standard InChI is InChI=1S/C21H22N4O3/c26-20(23-28)11-9-17-5-4-6-18(22-17)10-12-21(27)25-15-13-24(14-16-25)19-7-2-1-3-8-19/h1-12,28H,13-16H2,(H,23,26). The Labute approximate surface area is 163 Å². The second-order valence-corrected chi connectivity index (χ2v) is 6.28. The molecule has 0 bridgehead atoms. The van der Waals surface area contributed by atoms with Crippen molar-refractivity contribution < 1.29 is 14.8 Å². The minimum Gasteiger partial charge on any atom is -0.368 e. The van der Waals surface area contributed by atoms with E-state index in [0.717, 1.165) is 13.1 Å². The van der Waals surface area contributed by atoms with Crippen LogP contribution in [0.15, 0.2) is 60.7 Å². The van der Waals surface area contributed by atoms with Crippen molar-refractivity contribution in [2.45, 2.75) is 0 Å². The summed E-state index contributed by atoms with van der Waals surface area (Å²) in [7, 11) is 0. The van der Waals surface area contributed by atoms with Gasteiger partial charge in [-0.15, -0.1) is 0 Å². The number of rotatable bonds is 5. The van der Waals surface area contributed by atoms with E-state index in [1.165, 1.54) is 29.4 Å². The van der Waals surface area contributed by atoms with Gasteiger partial charge in [0.05, 0.1) is 11.4 Å². The topological polar surface area (TPSA) is 85.8 Å². The summed E-state index contributed by atoms with van der Waals surface area (Å²) in [6.07, 6.45) is 5.84. The molecule has 0 unspecified atom stereocenters. The molecule has 3 rings (SSSR count). The van der Waals surface area contributed by atoms with Gasteiger partial charge in [0.15, 0.2) is 0 Å². The van der Waals surface area contributed by atoms with Crippen molar-refractivity contribution in [2.24, 2.45) is 0 Å². The summed E-state index contributed by atoms with van der Waals surface area (Å²) >= 11 is 0. The van der Waals surface area contributed by atoms with E-state index in [9.17, 15) is 9.59 Å². The van der Waals surface area contributed by atoms with E-state index in [1.807, 2.05) is 23.1 Å². The van der Waals surface area contributed by atoms with Crippen molar-refractivity contribution >= 4 is 29.7 Å². The number of benzene rings is 1. The molecule has 0 saturated carbocycles. The van der Waals surface area contributed by atoms with Gasteiger partial charge in [0, 0.05) is 44.0 Å². The van der Waals surface area contributed by atoms with Crippen LogP contribution in [0, 0.1) is 0 Å². The van der Waals surface area contributed by atoms with Gasteiger partial charge < -0.3 is 9.80 Å². The van der Waals surface area contributed by atoms with E-state index in [-0.39, 0.29) is 5.91 Å². The number of aromatic nitrogens is 1. The molecular weight excluding hydrogens is 356 g/mol. The number of hydrogen-bond acceptors (Lipinski definition) is 5. The lowest BCUT2D eigenvalue weighted by Gasteiger charge is -2.35. The predicted octanol–water partition coefficient (Wildman–Crippen LogP) is 1.96. The number of pyridine rings is 1. The van der Waals surface area contributed by atoms with E-state index in [0.29, 0.717) is 24.5 Å². The number of para-hydroxylation sites is 1. The highest BCUT2D eigenvalue weighted by molar-refractivity contribution is 5.92. The molecule has 7 heteroatoms. The van der Waals surface area contributed by atoms with Crippen LogP contribution in [0.1, 0.15) is 11.4 Å². The molecule has 1 fully saturated rings. The Balaban J connectivity index is 1.56. The summed E-state index contributed by atoms with van der Waals surface area (Å²) in [5.41, 5.74) is 3.86. The van der Waals surface area contributed by atoms with Gasteiger partial charge in [-0.05, 0) is 36.4 Å². The molecule has 0 atom stereocenters. The molecule has 28 heavy (non-hydrogen) atoms. The third-order valence-electron chi connectivity index (χ3n) is 4.42. The third-order valence-corrected chi connectivity index (χ3v) is 4.42. The molecule has 1 aliphatic rings. The summed E-state index contributed by atoms with van der Waals surface area (Å²) in [6, 6.07) is 15.5. The molecule has 144 valence electrons. The van der Waals surface area contributed by atoms with Gasteiger partial charge in [-0.25, -0.2) is 10.5 Å². The average molecular weight is 378 g/mol. The number of nitrogens with one attached hydrogen (secondary N) is 1. The van der Waals surface area contributed by atoms with Crippen molar-refractivity contribution in [1.29, 1.82) is 0 Å². The summed E-state index contributed by atoms with van der Waals surface area (Å²) in [5.74, 6) is -0.678. The van der Waals surface area contributed by atoms with Crippen LogP contribution in [-0.2, 0) is 9.59 Å². The number of carbonyl (C=O) groups excluding carboxylic acids is 2. The SMILES string of the molecule is O=C(C=Cc1cccc(C=CC(=O)N2CCN(c3ccccc3)CC2)n1)NO. The highest BCUT2D eigenvalue weighted by atomic mass is 16.5. The Bertz CT molecular complexity index is 872. The lowest BCUT2D eigenvalue weighted by Crippen LogP contribution is -2.48. The van der Waals surface area contributed by atoms with Crippen LogP contribution in [0.25, 0.3) is 12.2 Å². The van der Waals surface area contributed by atoms with E-state index in [4.69, 9.17) is 5.21 Å². The van der Waals surface area contributed by atoms with E-state index in [1.54, 1.807) is 24.3 Å². The fraction of sp³-hybridized carbons (Fsp3) is 0.190. The lowest BCUT2D eigenvalue weighted by atomic mass is 10.2. The van der Waals surface area contributed by atoms with Gasteiger partial charge >= 0.3 is 0 Å². The Morgan fingerprint density at radius 2 is 1.54 bits per heavy atom. The molecule has 0 radical (unpaired) electrons. The minimum absolute atomic E-state index is 0.0462. The molecule has 2 N–H and O–H groups in total. The van der Waals surface area contributed by atoms with Gasteiger partial charge in [0.2, 0.25) is 5.91 Å². The second kappa shape index (κ2) is 9.48. The Kier molecular flexibility index (Phi) is 6.54. The molecule has 1 aliphatic heterocycles. The van der Waals surface area contributed by atoms with Crippen molar-refractivity contribution in [1.82, 2.24) is 15.4 Å². The summed E-state index contributed by atoms with van der Waals surface area (Å²) in [6.45, 7) is 2.94. The minimum atomic E-state index is -0.632. The molecule has 2 heterocycles. The molecule has 0 aliphatic carbocycles. The molecule has 0 spiro atoms. The zero-order valence-corrected chi connectivity index (χ0v) is 15.4. The monoisotopic (exact) mass is 378 g/mol. The molecule has 1 saturated heterocycles. The van der Waals surface area contributed by atoms with Crippen LogP contribution in [0.5, 0.6) is 0 Å². The van der Waals surface area contributed by atoms with Crippen molar-refractivity contribution in [3.05, 3.63) is 72.1 Å². The molecular formula is C21H22N4O3. The Hall–Kier alpha value is -3.45. The van der Waals surface area contributed by atoms with Gasteiger partial charge in [-0.1, -0.05) is 24.3 Å². The largest absolute Gasteiger partial charge is 0.368 e. The number of piperazine rings is 1. The number of anilines is 1. The Morgan fingerprint density at radius 3 is 2.18 bits per heavy atom. The maximum atomic E-state index is 12.5. The van der Waals surface area contributed by atoms with Gasteiger partial charge in [0.1, 0.15) is 0 Å².